The van der Waals surface area contributed by atoms with E-state index in [1.54, 1.807) is 0 Å². The Bertz CT molecular complexity index is 301. The lowest BCUT2D eigenvalue weighted by molar-refractivity contribution is -0.153. The molecule has 0 spiro atoms. The van der Waals surface area contributed by atoms with E-state index < -0.39 is 0 Å². The predicted octanol–water partition coefficient (Wildman–Crippen LogP) is 4.65. The van der Waals surface area contributed by atoms with E-state index in [-0.39, 0.29) is 30.9 Å². The van der Waals surface area contributed by atoms with Gasteiger partial charge in [0.05, 0.1) is 25.6 Å². The Balaban J connectivity index is 3.81. The minimum Gasteiger partial charge on any atom is -0.465 e. The van der Waals surface area contributed by atoms with Crippen LogP contribution in [0.3, 0.4) is 0 Å². The van der Waals surface area contributed by atoms with Crippen LogP contribution >= 0.6 is 0 Å². The Kier molecular flexibility index (Phi) is 12.9. The summed E-state index contributed by atoms with van der Waals surface area (Å²) in [4.78, 5) is 23.3. The van der Waals surface area contributed by atoms with Crippen molar-refractivity contribution in [1.82, 2.24) is 0 Å². The van der Waals surface area contributed by atoms with Gasteiger partial charge in [-0.15, -0.1) is 0 Å². The molecule has 4 nitrogen and oxygen atoms in total. The van der Waals surface area contributed by atoms with Gasteiger partial charge >= 0.3 is 11.9 Å². The Morgan fingerprint density at radius 2 is 1.50 bits per heavy atom. The first-order chi connectivity index (χ1) is 10.5. The van der Waals surface area contributed by atoms with Crippen molar-refractivity contribution >= 4 is 11.9 Å². The van der Waals surface area contributed by atoms with Crippen LogP contribution in [-0.2, 0) is 19.1 Å². The zero-order chi connectivity index (χ0) is 16.8. The molecule has 0 aromatic rings. The van der Waals surface area contributed by atoms with E-state index in [2.05, 4.69) is 20.8 Å². The van der Waals surface area contributed by atoms with Crippen molar-refractivity contribution in [2.45, 2.75) is 91.6 Å². The third-order valence-corrected chi connectivity index (χ3v) is 3.85. The van der Waals surface area contributed by atoms with E-state index >= 15 is 0 Å². The normalized spacial score (nSPS) is 13.5. The van der Waals surface area contributed by atoms with Crippen molar-refractivity contribution in [3.8, 4) is 0 Å². The summed E-state index contributed by atoms with van der Waals surface area (Å²) in [7, 11) is 0. The SMILES string of the molecule is CCCCC(CC)COC(=O)CCC(=O)OC(C)CCCC. The number of carbonyl (C=O) groups excluding carboxylic acids is 2. The lowest BCUT2D eigenvalue weighted by atomic mass is 10.0. The third-order valence-electron chi connectivity index (χ3n) is 3.85. The summed E-state index contributed by atoms with van der Waals surface area (Å²) in [5.41, 5.74) is 0. The van der Waals surface area contributed by atoms with E-state index in [9.17, 15) is 9.59 Å². The van der Waals surface area contributed by atoms with E-state index in [4.69, 9.17) is 9.47 Å². The average Bonchev–Trinajstić information content (AvgIpc) is 2.51. The van der Waals surface area contributed by atoms with Crippen LogP contribution in [0.4, 0.5) is 0 Å². The van der Waals surface area contributed by atoms with Gasteiger partial charge in [-0.25, -0.2) is 0 Å². The van der Waals surface area contributed by atoms with Gasteiger partial charge in [0.1, 0.15) is 0 Å². The first kappa shape index (κ1) is 20.9. The van der Waals surface area contributed by atoms with Crippen molar-refractivity contribution in [3.05, 3.63) is 0 Å². The van der Waals surface area contributed by atoms with Gasteiger partial charge in [-0.1, -0.05) is 52.9 Å². The van der Waals surface area contributed by atoms with Crippen LogP contribution < -0.4 is 0 Å². The number of unbranched alkanes of at least 4 members (excludes halogenated alkanes) is 2. The first-order valence-electron chi connectivity index (χ1n) is 8.88. The summed E-state index contributed by atoms with van der Waals surface area (Å²) in [5, 5.41) is 0. The van der Waals surface area contributed by atoms with Gasteiger partial charge in [0.25, 0.3) is 0 Å². The van der Waals surface area contributed by atoms with Crippen molar-refractivity contribution < 1.29 is 19.1 Å². The third kappa shape index (κ3) is 11.6. The van der Waals surface area contributed by atoms with Crippen molar-refractivity contribution in [2.75, 3.05) is 6.61 Å². The molecule has 0 aromatic heterocycles. The van der Waals surface area contributed by atoms with Gasteiger partial charge in [0.15, 0.2) is 0 Å². The van der Waals surface area contributed by atoms with Crippen LogP contribution in [0.1, 0.15) is 85.5 Å². The molecule has 22 heavy (non-hydrogen) atoms. The fourth-order valence-corrected chi connectivity index (χ4v) is 2.22. The molecule has 0 saturated carbocycles. The average molecular weight is 314 g/mol. The maximum atomic E-state index is 11.7. The zero-order valence-electron chi connectivity index (χ0n) is 14.9. The summed E-state index contributed by atoms with van der Waals surface area (Å²) >= 11 is 0. The van der Waals surface area contributed by atoms with Gasteiger partial charge in [-0.3, -0.25) is 9.59 Å². The van der Waals surface area contributed by atoms with Gasteiger partial charge in [0.2, 0.25) is 0 Å². The molecule has 2 atom stereocenters. The Morgan fingerprint density at radius 3 is 2.09 bits per heavy atom. The summed E-state index contributed by atoms with van der Waals surface area (Å²) in [6, 6.07) is 0. The summed E-state index contributed by atoms with van der Waals surface area (Å²) in [6.45, 7) is 8.74. The van der Waals surface area contributed by atoms with Crippen molar-refractivity contribution in [3.63, 3.8) is 0 Å². The molecular formula is C18H34O4. The maximum absolute atomic E-state index is 11.7. The van der Waals surface area contributed by atoms with Gasteiger partial charge in [-0.05, 0) is 25.7 Å². The van der Waals surface area contributed by atoms with E-state index in [0.717, 1.165) is 44.9 Å². The number of hydrogen-bond acceptors (Lipinski definition) is 4. The quantitative estimate of drug-likeness (QED) is 0.464. The molecule has 4 heteroatoms. The van der Waals surface area contributed by atoms with Crippen LogP contribution in [0.2, 0.25) is 0 Å². The summed E-state index contributed by atoms with van der Waals surface area (Å²) in [5.74, 6) is -0.170. The number of carbonyl (C=O) groups is 2. The maximum Gasteiger partial charge on any atom is 0.306 e. The van der Waals surface area contributed by atoms with E-state index in [1.165, 1.54) is 0 Å². The summed E-state index contributed by atoms with van der Waals surface area (Å²) in [6.07, 6.45) is 7.61. The van der Waals surface area contributed by atoms with Gasteiger partial charge in [-0.2, -0.15) is 0 Å². The second-order valence-corrected chi connectivity index (χ2v) is 6.04. The molecule has 0 rings (SSSR count). The molecule has 2 unspecified atom stereocenters. The Labute approximate surface area is 135 Å². The molecule has 0 aliphatic carbocycles. The number of hydrogen-bond donors (Lipinski definition) is 0. The first-order valence-corrected chi connectivity index (χ1v) is 8.88. The molecule has 0 fully saturated rings. The molecule has 0 heterocycles. The molecule has 0 radical (unpaired) electrons. The fourth-order valence-electron chi connectivity index (χ4n) is 2.22. The van der Waals surface area contributed by atoms with Crippen LogP contribution in [-0.4, -0.2) is 24.6 Å². The van der Waals surface area contributed by atoms with Crippen molar-refractivity contribution in [2.24, 2.45) is 5.92 Å². The number of ether oxygens (including phenoxy) is 2. The highest BCUT2D eigenvalue weighted by atomic mass is 16.5. The second-order valence-electron chi connectivity index (χ2n) is 6.04. The molecule has 0 amide bonds. The van der Waals surface area contributed by atoms with Crippen LogP contribution in [0, 0.1) is 5.92 Å². The van der Waals surface area contributed by atoms with Gasteiger partial charge < -0.3 is 9.47 Å². The van der Waals surface area contributed by atoms with Crippen LogP contribution in [0.25, 0.3) is 0 Å². The fraction of sp³-hybridized carbons (Fsp3) is 0.889. The standard InChI is InChI=1S/C18H34O4/c1-5-8-10-15(4)22-18(20)13-12-17(19)21-14-16(7-3)11-9-6-2/h15-16H,5-14H2,1-4H3. The Hall–Kier alpha value is -1.06. The second kappa shape index (κ2) is 13.6. The molecule has 0 aliphatic heterocycles. The van der Waals surface area contributed by atoms with E-state index in [1.807, 2.05) is 6.92 Å². The smallest absolute Gasteiger partial charge is 0.306 e. The van der Waals surface area contributed by atoms with Crippen LogP contribution in [0.15, 0.2) is 0 Å². The van der Waals surface area contributed by atoms with Crippen molar-refractivity contribution in [1.29, 1.82) is 0 Å². The molecule has 0 bridgehead atoms. The number of esters is 2. The topological polar surface area (TPSA) is 52.6 Å². The molecule has 130 valence electrons. The van der Waals surface area contributed by atoms with E-state index in [0.29, 0.717) is 12.5 Å². The number of rotatable bonds is 13. The predicted molar refractivity (Wildman–Crippen MR) is 88.6 cm³/mol. The molecule has 0 saturated heterocycles. The lowest BCUT2D eigenvalue weighted by Crippen LogP contribution is -2.18. The summed E-state index contributed by atoms with van der Waals surface area (Å²) < 4.78 is 10.5. The monoisotopic (exact) mass is 314 g/mol. The van der Waals surface area contributed by atoms with Crippen LogP contribution in [0.5, 0.6) is 0 Å². The molecule has 0 aliphatic rings. The Morgan fingerprint density at radius 1 is 0.909 bits per heavy atom. The lowest BCUT2D eigenvalue weighted by Gasteiger charge is -2.15. The highest BCUT2D eigenvalue weighted by Crippen LogP contribution is 2.13. The van der Waals surface area contributed by atoms with Gasteiger partial charge in [0, 0.05) is 0 Å². The minimum atomic E-state index is -0.307. The highest BCUT2D eigenvalue weighted by Gasteiger charge is 2.14. The minimum absolute atomic E-state index is 0.0676. The molecule has 0 aromatic carbocycles. The largest absolute Gasteiger partial charge is 0.465 e. The molecule has 0 N–H and O–H groups in total. The zero-order valence-corrected chi connectivity index (χ0v) is 14.9. The highest BCUT2D eigenvalue weighted by molar-refractivity contribution is 5.77. The molecular weight excluding hydrogens is 280 g/mol.